The summed E-state index contributed by atoms with van der Waals surface area (Å²) in [5, 5.41) is 4.13. The van der Waals surface area contributed by atoms with Gasteiger partial charge in [0, 0.05) is 27.7 Å². The van der Waals surface area contributed by atoms with E-state index < -0.39 is 16.0 Å². The summed E-state index contributed by atoms with van der Waals surface area (Å²) in [5.74, 6) is -0.422. The number of para-hydroxylation sites is 2. The molecule has 0 bridgehead atoms. The molecular formula is C29H23ClN2O5S. The topological polar surface area (TPSA) is 97.6 Å². The predicted octanol–water partition coefficient (Wildman–Crippen LogP) is 7.39. The Morgan fingerprint density at radius 3 is 2.42 bits per heavy atom. The standard InChI is InChI=1S/C29H23ClN2O5S/c1-18-11-12-19(15-23(18)29(33)36-2)22-8-4-5-9-24(22)31-25-14-13-21(30)17-26(25)32-38(34,35)28-16-20-7-3-6-10-27(20)37-28/h3-17,31-32H,1-2H3. The van der Waals surface area contributed by atoms with Crippen molar-refractivity contribution in [3.8, 4) is 11.1 Å². The zero-order valence-electron chi connectivity index (χ0n) is 20.5. The highest BCUT2D eigenvalue weighted by Crippen LogP contribution is 2.36. The number of esters is 1. The van der Waals surface area contributed by atoms with Crippen LogP contribution in [0.2, 0.25) is 5.02 Å². The van der Waals surface area contributed by atoms with Gasteiger partial charge in [0.15, 0.2) is 0 Å². The van der Waals surface area contributed by atoms with Crippen LogP contribution in [0.15, 0.2) is 101 Å². The highest BCUT2D eigenvalue weighted by molar-refractivity contribution is 7.92. The van der Waals surface area contributed by atoms with Crippen LogP contribution >= 0.6 is 11.6 Å². The van der Waals surface area contributed by atoms with E-state index in [1.165, 1.54) is 19.2 Å². The number of carbonyl (C=O) groups excluding carboxylic acids is 1. The quantitative estimate of drug-likeness (QED) is 0.206. The summed E-state index contributed by atoms with van der Waals surface area (Å²) in [6, 6.07) is 26.4. The molecule has 0 spiro atoms. The molecule has 1 heterocycles. The summed E-state index contributed by atoms with van der Waals surface area (Å²) in [6.07, 6.45) is 0. The number of benzene rings is 4. The van der Waals surface area contributed by atoms with Crippen LogP contribution in [0.1, 0.15) is 15.9 Å². The minimum absolute atomic E-state index is 0.208. The molecule has 9 heteroatoms. The van der Waals surface area contributed by atoms with Gasteiger partial charge in [-0.2, -0.15) is 8.42 Å². The lowest BCUT2D eigenvalue weighted by atomic mass is 9.98. The number of hydrogen-bond donors (Lipinski definition) is 2. The maximum atomic E-state index is 13.2. The second-order valence-corrected chi connectivity index (χ2v) is 10.6. The molecule has 0 saturated heterocycles. The Morgan fingerprint density at radius 1 is 0.868 bits per heavy atom. The average molecular weight is 547 g/mol. The Bertz CT molecular complexity index is 1750. The van der Waals surface area contributed by atoms with Crippen molar-refractivity contribution in [1.29, 1.82) is 0 Å². The van der Waals surface area contributed by atoms with E-state index in [4.69, 9.17) is 20.8 Å². The molecule has 38 heavy (non-hydrogen) atoms. The summed E-state index contributed by atoms with van der Waals surface area (Å²) < 4.78 is 39.5. The lowest BCUT2D eigenvalue weighted by molar-refractivity contribution is 0.0600. The number of aryl methyl sites for hydroxylation is 1. The van der Waals surface area contributed by atoms with Gasteiger partial charge < -0.3 is 14.5 Å². The molecule has 2 N–H and O–H groups in total. The second kappa shape index (κ2) is 10.2. The summed E-state index contributed by atoms with van der Waals surface area (Å²) in [7, 11) is -2.71. The third kappa shape index (κ3) is 5.09. The molecule has 4 aromatic carbocycles. The van der Waals surface area contributed by atoms with E-state index >= 15 is 0 Å². The van der Waals surface area contributed by atoms with Crippen molar-refractivity contribution in [2.75, 3.05) is 17.1 Å². The highest BCUT2D eigenvalue weighted by Gasteiger charge is 2.22. The number of ether oxygens (including phenoxy) is 1. The fourth-order valence-electron chi connectivity index (χ4n) is 4.10. The van der Waals surface area contributed by atoms with Crippen LogP contribution in [0.25, 0.3) is 22.1 Å². The number of halogens is 1. The van der Waals surface area contributed by atoms with E-state index in [-0.39, 0.29) is 10.8 Å². The summed E-state index contributed by atoms with van der Waals surface area (Å²) >= 11 is 6.23. The van der Waals surface area contributed by atoms with Gasteiger partial charge in [0.1, 0.15) is 5.58 Å². The first kappa shape index (κ1) is 25.4. The second-order valence-electron chi connectivity index (χ2n) is 8.59. The number of anilines is 3. The van der Waals surface area contributed by atoms with Crippen molar-refractivity contribution in [3.05, 3.63) is 107 Å². The van der Waals surface area contributed by atoms with Crippen molar-refractivity contribution >= 4 is 55.6 Å². The van der Waals surface area contributed by atoms with Crippen LogP contribution in [0.4, 0.5) is 17.1 Å². The third-order valence-electron chi connectivity index (χ3n) is 6.04. The molecule has 0 saturated carbocycles. The fourth-order valence-corrected chi connectivity index (χ4v) is 5.32. The van der Waals surface area contributed by atoms with Crippen LogP contribution in [-0.2, 0) is 14.8 Å². The summed E-state index contributed by atoms with van der Waals surface area (Å²) in [4.78, 5) is 12.3. The van der Waals surface area contributed by atoms with E-state index in [2.05, 4.69) is 10.0 Å². The van der Waals surface area contributed by atoms with Crippen molar-refractivity contribution in [2.24, 2.45) is 0 Å². The SMILES string of the molecule is COC(=O)c1cc(-c2ccccc2Nc2ccc(Cl)cc2NS(=O)(=O)c2cc3ccccc3o2)ccc1C. The largest absolute Gasteiger partial charge is 0.465 e. The van der Waals surface area contributed by atoms with Crippen LogP contribution < -0.4 is 10.0 Å². The lowest BCUT2D eigenvalue weighted by Gasteiger charge is -2.17. The van der Waals surface area contributed by atoms with Crippen LogP contribution in [0, 0.1) is 6.92 Å². The number of hydrogen-bond acceptors (Lipinski definition) is 6. The average Bonchev–Trinajstić information content (AvgIpc) is 3.36. The van der Waals surface area contributed by atoms with E-state index in [1.807, 2.05) is 43.3 Å². The molecule has 0 aliphatic carbocycles. The first-order valence-electron chi connectivity index (χ1n) is 11.6. The summed E-state index contributed by atoms with van der Waals surface area (Å²) in [5.41, 5.74) is 4.73. The Hall–Kier alpha value is -4.27. The van der Waals surface area contributed by atoms with Gasteiger partial charge in [-0.25, -0.2) is 4.79 Å². The highest BCUT2D eigenvalue weighted by atomic mass is 35.5. The summed E-state index contributed by atoms with van der Waals surface area (Å²) in [6.45, 7) is 1.84. The van der Waals surface area contributed by atoms with E-state index in [1.54, 1.807) is 42.5 Å². The zero-order valence-corrected chi connectivity index (χ0v) is 22.1. The van der Waals surface area contributed by atoms with Gasteiger partial charge in [-0.15, -0.1) is 0 Å². The van der Waals surface area contributed by atoms with Crippen molar-refractivity contribution in [3.63, 3.8) is 0 Å². The van der Waals surface area contributed by atoms with Gasteiger partial charge in [-0.1, -0.05) is 60.1 Å². The Morgan fingerprint density at radius 2 is 1.63 bits per heavy atom. The van der Waals surface area contributed by atoms with Gasteiger partial charge in [0.05, 0.1) is 24.0 Å². The smallest absolute Gasteiger partial charge is 0.338 e. The molecule has 0 unspecified atom stereocenters. The van der Waals surface area contributed by atoms with Crippen LogP contribution in [0.5, 0.6) is 0 Å². The molecular weight excluding hydrogens is 524 g/mol. The number of fused-ring (bicyclic) bond motifs is 1. The van der Waals surface area contributed by atoms with Crippen molar-refractivity contribution in [1.82, 2.24) is 0 Å². The number of sulfonamides is 1. The molecule has 1 aromatic heterocycles. The van der Waals surface area contributed by atoms with Crippen molar-refractivity contribution < 1.29 is 22.4 Å². The molecule has 0 atom stereocenters. The fraction of sp³-hybridized carbons (Fsp3) is 0.0690. The Kier molecular flexibility index (Phi) is 6.84. The first-order valence-corrected chi connectivity index (χ1v) is 13.5. The maximum Gasteiger partial charge on any atom is 0.338 e. The molecule has 0 aliphatic rings. The Labute approximate surface area is 225 Å². The van der Waals surface area contributed by atoms with Crippen molar-refractivity contribution in [2.45, 2.75) is 12.0 Å². The minimum Gasteiger partial charge on any atom is -0.465 e. The maximum absolute atomic E-state index is 13.2. The molecule has 0 aliphatic heterocycles. The van der Waals surface area contributed by atoms with E-state index in [0.717, 1.165) is 16.7 Å². The van der Waals surface area contributed by atoms with Crippen LogP contribution in [-0.4, -0.2) is 21.5 Å². The lowest BCUT2D eigenvalue weighted by Crippen LogP contribution is -2.13. The molecule has 0 fully saturated rings. The predicted molar refractivity (Wildman–Crippen MR) is 150 cm³/mol. The number of rotatable bonds is 7. The zero-order chi connectivity index (χ0) is 26.9. The molecule has 0 amide bonds. The molecule has 192 valence electrons. The minimum atomic E-state index is -4.06. The molecule has 7 nitrogen and oxygen atoms in total. The number of furan rings is 1. The van der Waals surface area contributed by atoms with Gasteiger partial charge >= 0.3 is 5.97 Å². The molecule has 5 rings (SSSR count). The first-order chi connectivity index (χ1) is 18.2. The molecule has 5 aromatic rings. The number of methoxy groups -OCH3 is 1. The van der Waals surface area contributed by atoms with E-state index in [0.29, 0.717) is 32.9 Å². The Balaban J connectivity index is 1.51. The van der Waals surface area contributed by atoms with Gasteiger partial charge in [-0.3, -0.25) is 4.72 Å². The van der Waals surface area contributed by atoms with Crippen LogP contribution in [0.3, 0.4) is 0 Å². The molecule has 0 radical (unpaired) electrons. The third-order valence-corrected chi connectivity index (χ3v) is 7.50. The normalized spacial score (nSPS) is 11.3. The van der Waals surface area contributed by atoms with Gasteiger partial charge in [0.25, 0.3) is 10.0 Å². The number of carbonyl (C=O) groups is 1. The van der Waals surface area contributed by atoms with E-state index in [9.17, 15) is 13.2 Å². The van der Waals surface area contributed by atoms with Gasteiger partial charge in [0.2, 0.25) is 5.09 Å². The monoisotopic (exact) mass is 546 g/mol. The van der Waals surface area contributed by atoms with Gasteiger partial charge in [-0.05, 0) is 54.4 Å². The number of nitrogens with one attached hydrogen (secondary N) is 2.